The lowest BCUT2D eigenvalue weighted by Crippen LogP contribution is -2.54. The minimum Gasteiger partial charge on any atom is -0.480 e. The van der Waals surface area contributed by atoms with Crippen molar-refractivity contribution in [2.45, 2.75) is 57.1 Å². The number of carbonyl (C=O) groups is 2. The zero-order chi connectivity index (χ0) is 13.2. The first-order valence-corrected chi connectivity index (χ1v) is 6.70. The number of hydrogen-bond donors (Lipinski definition) is 2. The number of amides is 1. The number of nitrogens with one attached hydrogen (secondary N) is 1. The van der Waals surface area contributed by atoms with E-state index in [1.54, 1.807) is 0 Å². The van der Waals surface area contributed by atoms with E-state index in [0.29, 0.717) is 32.3 Å². The van der Waals surface area contributed by atoms with Crippen molar-refractivity contribution in [2.24, 2.45) is 5.92 Å². The van der Waals surface area contributed by atoms with Gasteiger partial charge in [0, 0.05) is 12.5 Å². The van der Waals surface area contributed by atoms with Crippen molar-refractivity contribution in [1.82, 2.24) is 5.32 Å². The largest absolute Gasteiger partial charge is 0.480 e. The molecule has 2 rings (SSSR count). The highest BCUT2D eigenvalue weighted by Crippen LogP contribution is 2.31. The maximum Gasteiger partial charge on any atom is 0.329 e. The van der Waals surface area contributed by atoms with E-state index >= 15 is 0 Å². The Morgan fingerprint density at radius 2 is 2.00 bits per heavy atom. The third kappa shape index (κ3) is 2.66. The fourth-order valence-corrected chi connectivity index (χ4v) is 2.94. The highest BCUT2D eigenvalue weighted by Gasteiger charge is 2.43. The summed E-state index contributed by atoms with van der Waals surface area (Å²) in [6, 6.07) is 0. The van der Waals surface area contributed by atoms with Gasteiger partial charge in [0.05, 0.1) is 6.10 Å². The normalized spacial score (nSPS) is 30.9. The van der Waals surface area contributed by atoms with Crippen LogP contribution in [0.15, 0.2) is 0 Å². The van der Waals surface area contributed by atoms with Gasteiger partial charge in [0.1, 0.15) is 5.54 Å². The Morgan fingerprint density at radius 3 is 2.56 bits per heavy atom. The monoisotopic (exact) mass is 255 g/mol. The van der Waals surface area contributed by atoms with Gasteiger partial charge in [0.25, 0.3) is 0 Å². The molecule has 2 N–H and O–H groups in total. The van der Waals surface area contributed by atoms with Gasteiger partial charge in [-0.05, 0) is 32.6 Å². The molecule has 1 saturated heterocycles. The minimum atomic E-state index is -1.02. The predicted octanol–water partition coefficient (Wildman–Crippen LogP) is 1.32. The minimum absolute atomic E-state index is 0.0823. The topological polar surface area (TPSA) is 75.6 Å². The van der Waals surface area contributed by atoms with Gasteiger partial charge in [-0.15, -0.1) is 0 Å². The highest BCUT2D eigenvalue weighted by atomic mass is 16.5. The summed E-state index contributed by atoms with van der Waals surface area (Å²) < 4.78 is 5.40. The maximum atomic E-state index is 12.2. The molecule has 18 heavy (non-hydrogen) atoms. The van der Waals surface area contributed by atoms with Gasteiger partial charge in [0.15, 0.2) is 0 Å². The fourth-order valence-electron chi connectivity index (χ4n) is 2.94. The van der Waals surface area contributed by atoms with Gasteiger partial charge in [-0.2, -0.15) is 0 Å². The smallest absolute Gasteiger partial charge is 0.329 e. The van der Waals surface area contributed by atoms with Crippen LogP contribution in [0.25, 0.3) is 0 Å². The third-order valence-electron chi connectivity index (χ3n) is 4.08. The van der Waals surface area contributed by atoms with Crippen molar-refractivity contribution in [2.75, 3.05) is 6.61 Å². The average molecular weight is 255 g/mol. The van der Waals surface area contributed by atoms with Crippen LogP contribution < -0.4 is 5.32 Å². The average Bonchev–Trinajstić information content (AvgIpc) is 2.79. The summed E-state index contributed by atoms with van der Waals surface area (Å²) in [5.74, 6) is -1.12. The quantitative estimate of drug-likeness (QED) is 0.797. The standard InChI is InChI=1S/C13H21NO4/c1-9-8-10(4-7-18-9)11(15)14-13(12(16)17)5-2-3-6-13/h9-10H,2-8H2,1H3,(H,14,15)(H,16,17). The van der Waals surface area contributed by atoms with Crippen LogP contribution in [-0.4, -0.2) is 35.2 Å². The van der Waals surface area contributed by atoms with Crippen LogP contribution in [0.2, 0.25) is 0 Å². The van der Waals surface area contributed by atoms with Crippen molar-refractivity contribution in [3.8, 4) is 0 Å². The van der Waals surface area contributed by atoms with Crippen LogP contribution in [0.1, 0.15) is 45.4 Å². The molecule has 0 radical (unpaired) electrons. The van der Waals surface area contributed by atoms with E-state index in [-0.39, 0.29) is 17.9 Å². The molecule has 5 nitrogen and oxygen atoms in total. The number of rotatable bonds is 3. The first-order chi connectivity index (χ1) is 8.53. The number of carboxylic acid groups (broad SMARTS) is 1. The summed E-state index contributed by atoms with van der Waals surface area (Å²) in [6.45, 7) is 2.53. The lowest BCUT2D eigenvalue weighted by atomic mass is 9.92. The molecule has 1 aliphatic heterocycles. The lowest BCUT2D eigenvalue weighted by Gasteiger charge is -2.31. The van der Waals surface area contributed by atoms with Crippen LogP contribution in [0, 0.1) is 5.92 Å². The Kier molecular flexibility index (Phi) is 3.90. The molecule has 2 aliphatic rings. The molecule has 2 fully saturated rings. The van der Waals surface area contributed by atoms with E-state index in [1.807, 2.05) is 6.92 Å². The van der Waals surface area contributed by atoms with Crippen molar-refractivity contribution in [3.05, 3.63) is 0 Å². The molecular formula is C13H21NO4. The number of aliphatic carboxylic acids is 1. The summed E-state index contributed by atoms with van der Waals surface area (Å²) >= 11 is 0. The number of carbonyl (C=O) groups excluding carboxylic acids is 1. The van der Waals surface area contributed by atoms with Crippen LogP contribution >= 0.6 is 0 Å². The molecule has 1 heterocycles. The van der Waals surface area contributed by atoms with E-state index in [0.717, 1.165) is 12.8 Å². The molecule has 1 amide bonds. The van der Waals surface area contributed by atoms with Crippen LogP contribution in [0.3, 0.4) is 0 Å². The Morgan fingerprint density at radius 1 is 1.33 bits per heavy atom. The molecule has 2 unspecified atom stereocenters. The third-order valence-corrected chi connectivity index (χ3v) is 4.08. The van der Waals surface area contributed by atoms with Crippen LogP contribution in [0.5, 0.6) is 0 Å². The van der Waals surface area contributed by atoms with E-state index in [9.17, 15) is 14.7 Å². The highest BCUT2D eigenvalue weighted by molar-refractivity contribution is 5.88. The SMILES string of the molecule is CC1CC(C(=O)NC2(C(=O)O)CCCC2)CCO1. The first kappa shape index (κ1) is 13.3. The Balaban J connectivity index is 1.99. The molecule has 0 spiro atoms. The number of hydrogen-bond acceptors (Lipinski definition) is 3. The van der Waals surface area contributed by atoms with Crippen molar-refractivity contribution in [1.29, 1.82) is 0 Å². The van der Waals surface area contributed by atoms with E-state index in [1.165, 1.54) is 0 Å². The molecule has 1 saturated carbocycles. The summed E-state index contributed by atoms with van der Waals surface area (Å²) in [4.78, 5) is 23.5. The second-order valence-corrected chi connectivity index (χ2v) is 5.49. The zero-order valence-electron chi connectivity index (χ0n) is 10.8. The molecule has 1 aliphatic carbocycles. The summed E-state index contributed by atoms with van der Waals surface area (Å²) in [7, 11) is 0. The number of carboxylic acids is 1. The second-order valence-electron chi connectivity index (χ2n) is 5.49. The second kappa shape index (κ2) is 5.26. The molecule has 0 bridgehead atoms. The lowest BCUT2D eigenvalue weighted by molar-refractivity contribution is -0.149. The van der Waals surface area contributed by atoms with Crippen LogP contribution in [0.4, 0.5) is 0 Å². The Labute approximate surface area is 107 Å². The number of ether oxygens (including phenoxy) is 1. The van der Waals surface area contributed by atoms with Crippen molar-refractivity contribution in [3.63, 3.8) is 0 Å². The van der Waals surface area contributed by atoms with Crippen LogP contribution in [-0.2, 0) is 14.3 Å². The van der Waals surface area contributed by atoms with Gasteiger partial charge in [-0.1, -0.05) is 12.8 Å². The molecule has 0 aromatic heterocycles. The first-order valence-electron chi connectivity index (χ1n) is 6.70. The van der Waals surface area contributed by atoms with Gasteiger partial charge >= 0.3 is 5.97 Å². The predicted molar refractivity (Wildman–Crippen MR) is 65.1 cm³/mol. The Hall–Kier alpha value is -1.10. The maximum absolute atomic E-state index is 12.2. The molecule has 102 valence electrons. The van der Waals surface area contributed by atoms with Gasteiger partial charge in [-0.3, -0.25) is 4.79 Å². The van der Waals surface area contributed by atoms with Crippen molar-refractivity contribution >= 4 is 11.9 Å². The molecule has 5 heteroatoms. The molecule has 0 aromatic rings. The molecule has 2 atom stereocenters. The van der Waals surface area contributed by atoms with Gasteiger partial charge < -0.3 is 15.2 Å². The summed E-state index contributed by atoms with van der Waals surface area (Å²) in [6.07, 6.45) is 4.29. The van der Waals surface area contributed by atoms with Gasteiger partial charge in [0.2, 0.25) is 5.91 Å². The molecular weight excluding hydrogens is 234 g/mol. The molecule has 0 aromatic carbocycles. The zero-order valence-corrected chi connectivity index (χ0v) is 10.8. The van der Waals surface area contributed by atoms with E-state index in [4.69, 9.17) is 4.74 Å². The van der Waals surface area contributed by atoms with Crippen molar-refractivity contribution < 1.29 is 19.4 Å². The summed E-state index contributed by atoms with van der Waals surface area (Å²) in [5.41, 5.74) is -1.02. The fraction of sp³-hybridized carbons (Fsp3) is 0.846. The van der Waals surface area contributed by atoms with E-state index in [2.05, 4.69) is 5.32 Å². The van der Waals surface area contributed by atoms with E-state index < -0.39 is 11.5 Å². The Bertz CT molecular complexity index is 336. The summed E-state index contributed by atoms with van der Waals surface area (Å²) in [5, 5.41) is 12.1. The van der Waals surface area contributed by atoms with Gasteiger partial charge in [-0.25, -0.2) is 4.79 Å².